The van der Waals surface area contributed by atoms with Crippen LogP contribution in [-0.2, 0) is 0 Å². The summed E-state index contributed by atoms with van der Waals surface area (Å²) in [6.45, 7) is 4.46. The van der Waals surface area contributed by atoms with Gasteiger partial charge in [0, 0.05) is 0 Å². The van der Waals surface area contributed by atoms with Crippen molar-refractivity contribution in [2.45, 2.75) is 64.4 Å². The highest BCUT2D eigenvalue weighted by Gasteiger charge is 2.56. The summed E-state index contributed by atoms with van der Waals surface area (Å²) in [5, 5.41) is 20.2. The predicted octanol–water partition coefficient (Wildman–Crippen LogP) is 3.26. The van der Waals surface area contributed by atoms with Crippen molar-refractivity contribution in [2.24, 2.45) is 17.3 Å². The van der Waals surface area contributed by atoms with E-state index in [1.165, 1.54) is 6.42 Å². The van der Waals surface area contributed by atoms with Crippen molar-refractivity contribution in [3.63, 3.8) is 0 Å². The number of hydrogen-bond donors (Lipinski definition) is 1. The van der Waals surface area contributed by atoms with Crippen molar-refractivity contribution in [3.05, 3.63) is 0 Å². The molecule has 0 aromatic rings. The number of nitriles is 1. The van der Waals surface area contributed by atoms with E-state index < -0.39 is 11.0 Å². The summed E-state index contributed by atoms with van der Waals surface area (Å²) in [6.07, 6.45) is 6.92. The first-order chi connectivity index (χ1) is 7.53. The summed E-state index contributed by atoms with van der Waals surface area (Å²) in [6, 6.07) is 2.43. The van der Waals surface area contributed by atoms with Crippen LogP contribution in [0.15, 0.2) is 0 Å². The lowest BCUT2D eigenvalue weighted by molar-refractivity contribution is -0.131. The van der Waals surface area contributed by atoms with Gasteiger partial charge >= 0.3 is 0 Å². The highest BCUT2D eigenvalue weighted by atomic mass is 16.3. The molecular formula is C14H23NO. The van der Waals surface area contributed by atoms with Crippen molar-refractivity contribution in [1.82, 2.24) is 0 Å². The third kappa shape index (κ3) is 1.66. The lowest BCUT2D eigenvalue weighted by Crippen LogP contribution is -2.54. The van der Waals surface area contributed by atoms with Gasteiger partial charge < -0.3 is 5.11 Å². The molecule has 0 amide bonds. The minimum Gasteiger partial charge on any atom is -0.388 e. The molecule has 2 unspecified atom stereocenters. The molecule has 2 nitrogen and oxygen atoms in total. The molecule has 0 aromatic carbocycles. The van der Waals surface area contributed by atoms with Crippen molar-refractivity contribution < 1.29 is 5.11 Å². The summed E-state index contributed by atoms with van der Waals surface area (Å²) in [7, 11) is 0. The first-order valence-corrected chi connectivity index (χ1v) is 6.67. The smallest absolute Gasteiger partial charge is 0.0860 e. The number of nitrogens with zero attached hydrogens (tertiary/aromatic N) is 1. The summed E-state index contributed by atoms with van der Waals surface area (Å²) in [5.74, 6) is 1.23. The zero-order valence-corrected chi connectivity index (χ0v) is 10.5. The van der Waals surface area contributed by atoms with Gasteiger partial charge in [0.05, 0.1) is 17.1 Å². The van der Waals surface area contributed by atoms with Crippen molar-refractivity contribution in [3.8, 4) is 6.07 Å². The Labute approximate surface area is 98.7 Å². The van der Waals surface area contributed by atoms with Gasteiger partial charge in [-0.2, -0.15) is 5.26 Å². The highest BCUT2D eigenvalue weighted by molar-refractivity contribution is 5.16. The summed E-state index contributed by atoms with van der Waals surface area (Å²) < 4.78 is 0. The third-order valence-electron chi connectivity index (χ3n) is 5.02. The molecule has 2 atom stereocenters. The normalized spacial score (nSPS) is 37.8. The second-order valence-electron chi connectivity index (χ2n) is 6.18. The van der Waals surface area contributed by atoms with E-state index in [1.807, 2.05) is 0 Å². The van der Waals surface area contributed by atoms with E-state index in [0.29, 0.717) is 11.8 Å². The van der Waals surface area contributed by atoms with Gasteiger partial charge in [0.1, 0.15) is 0 Å². The predicted molar refractivity (Wildman–Crippen MR) is 63.6 cm³/mol. The lowest BCUT2D eigenvalue weighted by Gasteiger charge is -2.52. The third-order valence-corrected chi connectivity index (χ3v) is 5.02. The molecule has 2 heteroatoms. The molecule has 0 bridgehead atoms. The van der Waals surface area contributed by atoms with Crippen LogP contribution < -0.4 is 0 Å². The maximum absolute atomic E-state index is 10.8. The van der Waals surface area contributed by atoms with E-state index in [0.717, 1.165) is 38.5 Å². The molecule has 2 aliphatic carbocycles. The Morgan fingerprint density at radius 3 is 2.38 bits per heavy atom. The van der Waals surface area contributed by atoms with Gasteiger partial charge in [-0.05, 0) is 43.9 Å². The van der Waals surface area contributed by atoms with E-state index in [1.54, 1.807) is 0 Å². The SMILES string of the molecule is CC(C)C1CCCC(O)(C2(C#N)CCC2)C1. The topological polar surface area (TPSA) is 44.0 Å². The molecule has 0 radical (unpaired) electrons. The summed E-state index contributed by atoms with van der Waals surface area (Å²) >= 11 is 0. The summed E-state index contributed by atoms with van der Waals surface area (Å²) in [5.41, 5.74) is -1.09. The second kappa shape index (κ2) is 4.04. The van der Waals surface area contributed by atoms with Crippen LogP contribution in [0.4, 0.5) is 0 Å². The Morgan fingerprint density at radius 2 is 1.94 bits per heavy atom. The highest BCUT2D eigenvalue weighted by Crippen LogP contribution is 2.55. The molecule has 0 aliphatic heterocycles. The van der Waals surface area contributed by atoms with Crippen LogP contribution >= 0.6 is 0 Å². The Kier molecular flexibility index (Phi) is 3.01. The molecule has 90 valence electrons. The van der Waals surface area contributed by atoms with Gasteiger partial charge in [-0.15, -0.1) is 0 Å². The van der Waals surface area contributed by atoms with Crippen LogP contribution in [0.3, 0.4) is 0 Å². The molecule has 0 spiro atoms. The van der Waals surface area contributed by atoms with Crippen molar-refractivity contribution >= 4 is 0 Å². The van der Waals surface area contributed by atoms with E-state index >= 15 is 0 Å². The molecule has 2 rings (SSSR count). The van der Waals surface area contributed by atoms with E-state index in [9.17, 15) is 10.4 Å². The first kappa shape index (κ1) is 11.9. The fraction of sp³-hybridized carbons (Fsp3) is 0.929. The average Bonchev–Trinajstić information content (AvgIpc) is 2.16. The molecule has 2 aliphatic rings. The Bertz CT molecular complexity index is 300. The Morgan fingerprint density at radius 1 is 1.25 bits per heavy atom. The summed E-state index contributed by atoms with van der Waals surface area (Å²) in [4.78, 5) is 0. The molecule has 0 heterocycles. The molecule has 16 heavy (non-hydrogen) atoms. The van der Waals surface area contributed by atoms with Gasteiger partial charge in [0.15, 0.2) is 0 Å². The van der Waals surface area contributed by atoms with Gasteiger partial charge in [0.25, 0.3) is 0 Å². The Hall–Kier alpha value is -0.550. The fourth-order valence-corrected chi connectivity index (χ4v) is 3.51. The number of rotatable bonds is 2. The average molecular weight is 221 g/mol. The minimum atomic E-state index is -0.687. The van der Waals surface area contributed by atoms with Crippen molar-refractivity contribution in [1.29, 1.82) is 5.26 Å². The van der Waals surface area contributed by atoms with E-state index in [-0.39, 0.29) is 0 Å². The minimum absolute atomic E-state index is 0.402. The van der Waals surface area contributed by atoms with Gasteiger partial charge in [-0.25, -0.2) is 0 Å². The van der Waals surface area contributed by atoms with Gasteiger partial charge in [-0.3, -0.25) is 0 Å². The maximum Gasteiger partial charge on any atom is 0.0860 e. The molecule has 2 saturated carbocycles. The zero-order valence-electron chi connectivity index (χ0n) is 10.5. The first-order valence-electron chi connectivity index (χ1n) is 6.67. The molecule has 0 saturated heterocycles. The van der Waals surface area contributed by atoms with Crippen LogP contribution in [0.2, 0.25) is 0 Å². The fourth-order valence-electron chi connectivity index (χ4n) is 3.51. The number of aliphatic hydroxyl groups is 1. The second-order valence-corrected chi connectivity index (χ2v) is 6.18. The van der Waals surface area contributed by atoms with E-state index in [4.69, 9.17) is 0 Å². The maximum atomic E-state index is 10.8. The van der Waals surface area contributed by atoms with Crippen LogP contribution in [0.25, 0.3) is 0 Å². The van der Waals surface area contributed by atoms with E-state index in [2.05, 4.69) is 19.9 Å². The molecule has 0 aromatic heterocycles. The molecule has 2 fully saturated rings. The van der Waals surface area contributed by atoms with Gasteiger partial charge in [-0.1, -0.05) is 26.7 Å². The van der Waals surface area contributed by atoms with Crippen LogP contribution in [-0.4, -0.2) is 10.7 Å². The largest absolute Gasteiger partial charge is 0.388 e. The number of hydrogen-bond acceptors (Lipinski definition) is 2. The quantitative estimate of drug-likeness (QED) is 0.777. The standard InChI is InChI=1S/C14H23NO/c1-11(2)12-5-3-8-14(16,9-12)13(10-15)6-4-7-13/h11-12,16H,3-9H2,1-2H3. The van der Waals surface area contributed by atoms with Crippen LogP contribution in [0.5, 0.6) is 0 Å². The molecular weight excluding hydrogens is 198 g/mol. The molecule has 1 N–H and O–H groups in total. The zero-order chi connectivity index (χ0) is 11.8. The lowest BCUT2D eigenvalue weighted by atomic mass is 9.54. The monoisotopic (exact) mass is 221 g/mol. The van der Waals surface area contributed by atoms with Crippen LogP contribution in [0.1, 0.15) is 58.8 Å². The Balaban J connectivity index is 2.15. The van der Waals surface area contributed by atoms with Crippen LogP contribution in [0, 0.1) is 28.6 Å². The van der Waals surface area contributed by atoms with Gasteiger partial charge in [0.2, 0.25) is 0 Å². The van der Waals surface area contributed by atoms with Crippen molar-refractivity contribution in [2.75, 3.05) is 0 Å².